The zero-order valence-corrected chi connectivity index (χ0v) is 6.15. The Morgan fingerprint density at radius 3 is 2.25 bits per heavy atom. The topological polar surface area (TPSA) is 3.01 Å². The van der Waals surface area contributed by atoms with E-state index in [-0.39, 0.29) is 0 Å². The maximum atomic E-state index is 3.76. The van der Waals surface area contributed by atoms with Gasteiger partial charge in [-0.2, -0.15) is 0 Å². The van der Waals surface area contributed by atoms with Gasteiger partial charge in [0.1, 0.15) is 20.3 Å². The fraction of sp³-hybridized carbons (Fsp3) is 0.857. The minimum Gasteiger partial charge on any atom is -0.245 e. The first-order chi connectivity index (χ1) is 3.66. The molecular formula is C7H16N+. The molecule has 0 aromatic carbocycles. The SMILES string of the molecule is C=[N+](C)CC(C)CC. The molecule has 0 aromatic rings. The van der Waals surface area contributed by atoms with Crippen LogP contribution in [0.15, 0.2) is 0 Å². The predicted octanol–water partition coefficient (Wildman–Crippen LogP) is 1.38. The summed E-state index contributed by atoms with van der Waals surface area (Å²) in [5.41, 5.74) is 0. The number of hydrogen-bond acceptors (Lipinski definition) is 0. The monoisotopic (exact) mass is 114 g/mol. The first-order valence-electron chi connectivity index (χ1n) is 3.18. The van der Waals surface area contributed by atoms with E-state index in [1.165, 1.54) is 6.42 Å². The van der Waals surface area contributed by atoms with Crippen molar-refractivity contribution in [2.45, 2.75) is 20.3 Å². The van der Waals surface area contributed by atoms with Gasteiger partial charge in [-0.25, -0.2) is 4.58 Å². The average molecular weight is 114 g/mol. The molecule has 0 aliphatic heterocycles. The minimum atomic E-state index is 0.789. The first-order valence-corrected chi connectivity index (χ1v) is 3.18. The van der Waals surface area contributed by atoms with E-state index >= 15 is 0 Å². The summed E-state index contributed by atoms with van der Waals surface area (Å²) in [5, 5.41) is 0. The van der Waals surface area contributed by atoms with E-state index in [2.05, 4.69) is 20.6 Å². The summed E-state index contributed by atoms with van der Waals surface area (Å²) >= 11 is 0. The summed E-state index contributed by atoms with van der Waals surface area (Å²) in [6.07, 6.45) is 1.25. The maximum absolute atomic E-state index is 3.76. The molecule has 0 bridgehead atoms. The fourth-order valence-electron chi connectivity index (χ4n) is 0.661. The highest BCUT2D eigenvalue weighted by atomic mass is 14.9. The largest absolute Gasteiger partial charge is 0.245 e. The van der Waals surface area contributed by atoms with Crippen LogP contribution in [0.2, 0.25) is 0 Å². The molecule has 0 rings (SSSR count). The molecule has 0 amide bonds. The van der Waals surface area contributed by atoms with Crippen molar-refractivity contribution in [2.75, 3.05) is 13.6 Å². The maximum Gasteiger partial charge on any atom is 0.144 e. The van der Waals surface area contributed by atoms with Crippen LogP contribution in [0.1, 0.15) is 20.3 Å². The quantitative estimate of drug-likeness (QED) is 0.385. The molecule has 0 saturated carbocycles. The fourth-order valence-corrected chi connectivity index (χ4v) is 0.661. The third kappa shape index (κ3) is 3.85. The lowest BCUT2D eigenvalue weighted by atomic mass is 10.1. The smallest absolute Gasteiger partial charge is 0.144 e. The molecule has 48 valence electrons. The lowest BCUT2D eigenvalue weighted by molar-refractivity contribution is -0.495. The van der Waals surface area contributed by atoms with Gasteiger partial charge < -0.3 is 0 Å². The second-order valence-corrected chi connectivity index (χ2v) is 2.55. The van der Waals surface area contributed by atoms with Crippen LogP contribution in [-0.4, -0.2) is 24.9 Å². The third-order valence-electron chi connectivity index (χ3n) is 1.32. The van der Waals surface area contributed by atoms with Crippen LogP contribution >= 0.6 is 0 Å². The lowest BCUT2D eigenvalue weighted by Gasteiger charge is -2.01. The highest BCUT2D eigenvalue weighted by Crippen LogP contribution is 1.97. The molecule has 0 heterocycles. The van der Waals surface area contributed by atoms with Crippen LogP contribution in [-0.2, 0) is 0 Å². The van der Waals surface area contributed by atoms with Crippen molar-refractivity contribution >= 4 is 6.72 Å². The molecule has 0 aliphatic carbocycles. The van der Waals surface area contributed by atoms with E-state index < -0.39 is 0 Å². The number of hydrogen-bond donors (Lipinski definition) is 0. The predicted molar refractivity (Wildman–Crippen MR) is 37.6 cm³/mol. The van der Waals surface area contributed by atoms with Crippen molar-refractivity contribution in [3.63, 3.8) is 0 Å². The van der Waals surface area contributed by atoms with Gasteiger partial charge in [0.05, 0.1) is 0 Å². The zero-order valence-electron chi connectivity index (χ0n) is 6.15. The van der Waals surface area contributed by atoms with E-state index in [0.717, 1.165) is 12.5 Å². The van der Waals surface area contributed by atoms with Crippen molar-refractivity contribution in [3.05, 3.63) is 0 Å². The summed E-state index contributed by atoms with van der Waals surface area (Å²) in [6.45, 7) is 9.31. The van der Waals surface area contributed by atoms with Crippen LogP contribution in [0.4, 0.5) is 0 Å². The van der Waals surface area contributed by atoms with Crippen molar-refractivity contribution in [3.8, 4) is 0 Å². The second kappa shape index (κ2) is 3.65. The number of nitrogens with zero attached hydrogens (tertiary/aromatic N) is 1. The van der Waals surface area contributed by atoms with Crippen LogP contribution in [0, 0.1) is 5.92 Å². The third-order valence-corrected chi connectivity index (χ3v) is 1.32. The van der Waals surface area contributed by atoms with Crippen molar-refractivity contribution in [2.24, 2.45) is 5.92 Å². The molecular weight excluding hydrogens is 98.1 g/mol. The van der Waals surface area contributed by atoms with Crippen LogP contribution in [0.25, 0.3) is 0 Å². The molecule has 0 N–H and O–H groups in total. The van der Waals surface area contributed by atoms with Gasteiger partial charge in [0, 0.05) is 5.92 Å². The van der Waals surface area contributed by atoms with Gasteiger partial charge in [0.2, 0.25) is 0 Å². The van der Waals surface area contributed by atoms with E-state index in [0.29, 0.717) is 0 Å². The molecule has 0 spiro atoms. The van der Waals surface area contributed by atoms with Crippen LogP contribution in [0.3, 0.4) is 0 Å². The van der Waals surface area contributed by atoms with E-state index in [1.54, 1.807) is 0 Å². The molecule has 0 saturated heterocycles. The molecule has 0 aliphatic rings. The van der Waals surface area contributed by atoms with E-state index in [9.17, 15) is 0 Å². The summed E-state index contributed by atoms with van der Waals surface area (Å²) < 4.78 is 1.98. The van der Waals surface area contributed by atoms with Gasteiger partial charge in [-0.15, -0.1) is 0 Å². The number of rotatable bonds is 3. The lowest BCUT2D eigenvalue weighted by Crippen LogP contribution is -2.11. The van der Waals surface area contributed by atoms with Crippen LogP contribution < -0.4 is 0 Å². The summed E-state index contributed by atoms with van der Waals surface area (Å²) in [6, 6.07) is 0. The minimum absolute atomic E-state index is 0.789. The Morgan fingerprint density at radius 1 is 1.62 bits per heavy atom. The summed E-state index contributed by atoms with van der Waals surface area (Å²) in [4.78, 5) is 0. The molecule has 1 heteroatoms. The summed E-state index contributed by atoms with van der Waals surface area (Å²) in [5.74, 6) is 0.789. The molecule has 1 unspecified atom stereocenters. The Bertz CT molecular complexity index is 76.5. The van der Waals surface area contributed by atoms with Gasteiger partial charge in [-0.05, 0) is 6.42 Å². The first kappa shape index (κ1) is 7.67. The normalized spacial score (nSPS) is 13.4. The Morgan fingerprint density at radius 2 is 2.12 bits per heavy atom. The molecule has 0 aromatic heterocycles. The molecule has 8 heavy (non-hydrogen) atoms. The second-order valence-electron chi connectivity index (χ2n) is 2.55. The van der Waals surface area contributed by atoms with Gasteiger partial charge in [0.25, 0.3) is 0 Å². The Balaban J connectivity index is 3.24. The van der Waals surface area contributed by atoms with Crippen molar-refractivity contribution in [1.82, 2.24) is 0 Å². The van der Waals surface area contributed by atoms with Gasteiger partial charge >= 0.3 is 0 Å². The van der Waals surface area contributed by atoms with Crippen molar-refractivity contribution < 1.29 is 4.58 Å². The van der Waals surface area contributed by atoms with Crippen LogP contribution in [0.5, 0.6) is 0 Å². The Labute approximate surface area is 52.0 Å². The van der Waals surface area contributed by atoms with Crippen molar-refractivity contribution in [1.29, 1.82) is 0 Å². The van der Waals surface area contributed by atoms with E-state index in [1.807, 2.05) is 11.6 Å². The molecule has 0 fully saturated rings. The van der Waals surface area contributed by atoms with E-state index in [4.69, 9.17) is 0 Å². The van der Waals surface area contributed by atoms with Gasteiger partial charge in [-0.1, -0.05) is 13.8 Å². The highest BCUT2D eigenvalue weighted by Gasteiger charge is 2.00. The van der Waals surface area contributed by atoms with Gasteiger partial charge in [0.15, 0.2) is 0 Å². The molecule has 1 atom stereocenters. The average Bonchev–Trinajstić information content (AvgIpc) is 1.65. The Kier molecular flexibility index (Phi) is 3.49. The molecule has 0 radical (unpaired) electrons. The molecule has 1 nitrogen and oxygen atoms in total. The zero-order chi connectivity index (χ0) is 6.57. The Hall–Kier alpha value is -0.330. The summed E-state index contributed by atoms with van der Waals surface area (Å²) in [7, 11) is 2.01. The van der Waals surface area contributed by atoms with Gasteiger partial charge in [-0.3, -0.25) is 0 Å². The highest BCUT2D eigenvalue weighted by molar-refractivity contribution is 5.14. The standard InChI is InChI=1S/C7H16N/c1-5-7(2)6-8(3)4/h7H,3,5-6H2,1-2,4H3/q+1.